The molecule has 6 heteroatoms. The number of fused-ring (bicyclic) bond motifs is 1. The molecule has 24 heavy (non-hydrogen) atoms. The lowest BCUT2D eigenvalue weighted by molar-refractivity contribution is -0.143. The monoisotopic (exact) mass is 328 g/mol. The number of rotatable bonds is 3. The molecule has 0 aliphatic carbocycles. The summed E-state index contributed by atoms with van der Waals surface area (Å²) in [4.78, 5) is 26.9. The molecule has 1 aliphatic rings. The van der Waals surface area contributed by atoms with Gasteiger partial charge < -0.3 is 9.26 Å². The molecule has 0 fully saturated rings. The van der Waals surface area contributed by atoms with Gasteiger partial charge in [-0.05, 0) is 32.4 Å². The number of benzene rings is 1. The van der Waals surface area contributed by atoms with E-state index in [-0.39, 0.29) is 5.91 Å². The Balaban J connectivity index is 2.01. The lowest BCUT2D eigenvalue weighted by atomic mass is 9.97. The highest BCUT2D eigenvalue weighted by Gasteiger charge is 2.41. The summed E-state index contributed by atoms with van der Waals surface area (Å²) < 4.78 is 10.1. The molecule has 0 spiro atoms. The van der Waals surface area contributed by atoms with Crippen LogP contribution in [0.15, 0.2) is 28.8 Å². The van der Waals surface area contributed by atoms with E-state index in [9.17, 15) is 9.59 Å². The van der Waals surface area contributed by atoms with Crippen LogP contribution in [-0.2, 0) is 20.7 Å². The summed E-state index contributed by atoms with van der Waals surface area (Å²) >= 11 is 0. The molecule has 0 N–H and O–H groups in total. The number of aryl methyl sites for hydroxylation is 2. The number of carbonyl (C=O) groups is 2. The van der Waals surface area contributed by atoms with Crippen molar-refractivity contribution < 1.29 is 18.8 Å². The van der Waals surface area contributed by atoms with Crippen molar-refractivity contribution in [1.29, 1.82) is 0 Å². The van der Waals surface area contributed by atoms with Crippen molar-refractivity contribution in [2.75, 3.05) is 12.0 Å². The first-order valence-electron chi connectivity index (χ1n) is 7.87. The van der Waals surface area contributed by atoms with Gasteiger partial charge in [0.05, 0.1) is 18.7 Å². The molecule has 2 atom stereocenters. The zero-order chi connectivity index (χ0) is 17.4. The molecular formula is C18H20N2O4. The van der Waals surface area contributed by atoms with Crippen molar-refractivity contribution in [3.63, 3.8) is 0 Å². The fraction of sp³-hybridized carbons (Fsp3) is 0.389. The molecule has 1 aromatic carbocycles. The van der Waals surface area contributed by atoms with Crippen LogP contribution in [0.3, 0.4) is 0 Å². The highest BCUT2D eigenvalue weighted by atomic mass is 16.5. The number of methoxy groups -OCH3 is 1. The number of para-hydroxylation sites is 1. The summed E-state index contributed by atoms with van der Waals surface area (Å²) in [6, 6.07) is 6.91. The third kappa shape index (κ3) is 2.48. The first-order chi connectivity index (χ1) is 11.5. The van der Waals surface area contributed by atoms with Crippen molar-refractivity contribution in [3.8, 4) is 0 Å². The van der Waals surface area contributed by atoms with Gasteiger partial charge in [-0.25, -0.2) is 4.79 Å². The molecule has 3 rings (SSSR count). The molecule has 1 aliphatic heterocycles. The Kier molecular flexibility index (Phi) is 4.13. The second kappa shape index (κ2) is 6.11. The van der Waals surface area contributed by atoms with Crippen LogP contribution in [0.5, 0.6) is 0 Å². The van der Waals surface area contributed by atoms with Gasteiger partial charge in [0.25, 0.3) is 0 Å². The minimum absolute atomic E-state index is 0.162. The molecule has 0 saturated carbocycles. The lowest BCUT2D eigenvalue weighted by Gasteiger charge is -2.26. The summed E-state index contributed by atoms with van der Waals surface area (Å²) in [5.41, 5.74) is 3.19. The molecule has 0 radical (unpaired) electrons. The van der Waals surface area contributed by atoms with E-state index < -0.39 is 17.9 Å². The van der Waals surface area contributed by atoms with Crippen molar-refractivity contribution in [2.24, 2.45) is 0 Å². The Hall–Kier alpha value is -2.63. The Morgan fingerprint density at radius 1 is 1.33 bits per heavy atom. The van der Waals surface area contributed by atoms with Crippen LogP contribution in [-0.4, -0.2) is 30.2 Å². The largest absolute Gasteiger partial charge is 0.467 e. The van der Waals surface area contributed by atoms with Crippen LogP contribution >= 0.6 is 0 Å². The van der Waals surface area contributed by atoms with E-state index in [4.69, 9.17) is 9.26 Å². The van der Waals surface area contributed by atoms with Gasteiger partial charge in [-0.1, -0.05) is 23.4 Å². The van der Waals surface area contributed by atoms with E-state index in [1.807, 2.05) is 38.1 Å². The van der Waals surface area contributed by atoms with Crippen molar-refractivity contribution in [3.05, 3.63) is 46.8 Å². The van der Waals surface area contributed by atoms with Gasteiger partial charge in [-0.3, -0.25) is 9.69 Å². The molecule has 0 unspecified atom stereocenters. The van der Waals surface area contributed by atoms with Gasteiger partial charge in [0.2, 0.25) is 5.91 Å². The van der Waals surface area contributed by atoms with E-state index in [2.05, 4.69) is 5.16 Å². The number of carbonyl (C=O) groups excluding carboxylic acids is 2. The summed E-state index contributed by atoms with van der Waals surface area (Å²) in [7, 11) is 1.34. The van der Waals surface area contributed by atoms with E-state index in [1.54, 1.807) is 11.8 Å². The predicted octanol–water partition coefficient (Wildman–Crippen LogP) is 2.53. The minimum Gasteiger partial charge on any atom is -0.467 e. The van der Waals surface area contributed by atoms with Gasteiger partial charge in [-0.15, -0.1) is 0 Å². The van der Waals surface area contributed by atoms with Crippen LogP contribution < -0.4 is 4.90 Å². The number of anilines is 1. The molecular weight excluding hydrogens is 308 g/mol. The molecule has 1 aromatic heterocycles. The van der Waals surface area contributed by atoms with Crippen LogP contribution in [0.25, 0.3) is 0 Å². The molecule has 0 saturated heterocycles. The average molecular weight is 328 g/mol. The number of aromatic nitrogens is 1. The zero-order valence-corrected chi connectivity index (χ0v) is 14.2. The Morgan fingerprint density at radius 3 is 2.67 bits per heavy atom. The van der Waals surface area contributed by atoms with Crippen molar-refractivity contribution in [1.82, 2.24) is 5.16 Å². The summed E-state index contributed by atoms with van der Waals surface area (Å²) in [6.45, 7) is 5.41. The predicted molar refractivity (Wildman–Crippen MR) is 87.8 cm³/mol. The first-order valence-corrected chi connectivity index (χ1v) is 7.87. The highest BCUT2D eigenvalue weighted by Crippen LogP contribution is 2.36. The maximum atomic E-state index is 13.2. The van der Waals surface area contributed by atoms with Crippen LogP contribution in [0, 0.1) is 13.8 Å². The second-order valence-corrected chi connectivity index (χ2v) is 6.04. The third-order valence-corrected chi connectivity index (χ3v) is 4.58. The average Bonchev–Trinajstić information content (AvgIpc) is 3.13. The number of nitrogens with zero attached hydrogens (tertiary/aromatic N) is 2. The van der Waals surface area contributed by atoms with Crippen LogP contribution in [0.1, 0.15) is 35.4 Å². The normalized spacial score (nSPS) is 17.5. The Morgan fingerprint density at radius 2 is 2.04 bits per heavy atom. The molecule has 2 heterocycles. The SMILES string of the molecule is COC(=O)[C@H]1Cc2ccccc2N1C(=O)[C@H](C)c1c(C)noc1C. The fourth-order valence-corrected chi connectivity index (χ4v) is 3.42. The fourth-order valence-electron chi connectivity index (χ4n) is 3.42. The third-order valence-electron chi connectivity index (χ3n) is 4.58. The molecule has 1 amide bonds. The zero-order valence-electron chi connectivity index (χ0n) is 14.2. The molecule has 2 aromatic rings. The van der Waals surface area contributed by atoms with Crippen LogP contribution in [0.4, 0.5) is 5.69 Å². The van der Waals surface area contributed by atoms with E-state index in [0.29, 0.717) is 17.9 Å². The van der Waals surface area contributed by atoms with E-state index >= 15 is 0 Å². The smallest absolute Gasteiger partial charge is 0.329 e. The van der Waals surface area contributed by atoms with Crippen LogP contribution in [0.2, 0.25) is 0 Å². The Bertz CT molecular complexity index is 777. The number of amides is 1. The van der Waals surface area contributed by atoms with Crippen molar-refractivity contribution >= 4 is 17.6 Å². The standard InChI is InChI=1S/C18H20N2O4/c1-10(16-11(2)19-24-12(16)3)17(21)20-14-8-6-5-7-13(14)9-15(20)18(22)23-4/h5-8,10,15H,9H2,1-4H3/t10-,15-/m1/s1. The number of hydrogen-bond acceptors (Lipinski definition) is 5. The number of esters is 1. The van der Waals surface area contributed by atoms with Gasteiger partial charge in [0, 0.05) is 17.7 Å². The molecule has 6 nitrogen and oxygen atoms in total. The number of ether oxygens (including phenoxy) is 1. The first kappa shape index (κ1) is 16.2. The summed E-state index contributed by atoms with van der Waals surface area (Å²) in [5.74, 6) is -0.416. The van der Waals surface area contributed by atoms with E-state index in [0.717, 1.165) is 16.8 Å². The minimum atomic E-state index is -0.636. The summed E-state index contributed by atoms with van der Waals surface area (Å²) in [5, 5.41) is 3.92. The maximum Gasteiger partial charge on any atom is 0.329 e. The van der Waals surface area contributed by atoms with E-state index in [1.165, 1.54) is 7.11 Å². The highest BCUT2D eigenvalue weighted by molar-refractivity contribution is 6.05. The number of hydrogen-bond donors (Lipinski definition) is 0. The Labute approximate surface area is 140 Å². The topological polar surface area (TPSA) is 72.6 Å². The molecule has 126 valence electrons. The maximum absolute atomic E-state index is 13.2. The molecule has 0 bridgehead atoms. The van der Waals surface area contributed by atoms with Gasteiger partial charge in [0.1, 0.15) is 11.8 Å². The second-order valence-electron chi connectivity index (χ2n) is 6.04. The van der Waals surface area contributed by atoms with Gasteiger partial charge in [-0.2, -0.15) is 0 Å². The lowest BCUT2D eigenvalue weighted by Crippen LogP contribution is -2.45. The summed E-state index contributed by atoms with van der Waals surface area (Å²) in [6.07, 6.45) is 0.461. The van der Waals surface area contributed by atoms with Crippen molar-refractivity contribution in [2.45, 2.75) is 39.2 Å². The quantitative estimate of drug-likeness (QED) is 0.810. The van der Waals surface area contributed by atoms with Gasteiger partial charge in [0.15, 0.2) is 0 Å². The van der Waals surface area contributed by atoms with Gasteiger partial charge >= 0.3 is 5.97 Å².